The number of amides is 1. The molecular weight excluding hydrogens is 416 g/mol. The van der Waals surface area contributed by atoms with Crippen LogP contribution in [0.3, 0.4) is 0 Å². The summed E-state index contributed by atoms with van der Waals surface area (Å²) in [7, 11) is -2.22. The summed E-state index contributed by atoms with van der Waals surface area (Å²) in [6.07, 6.45) is 6.11. The summed E-state index contributed by atoms with van der Waals surface area (Å²) in [6, 6.07) is 6.02. The van der Waals surface area contributed by atoms with E-state index >= 15 is 0 Å². The second kappa shape index (κ2) is 8.92. The van der Waals surface area contributed by atoms with Crippen LogP contribution >= 0.6 is 0 Å². The van der Waals surface area contributed by atoms with E-state index in [-0.39, 0.29) is 10.8 Å². The highest BCUT2D eigenvalue weighted by Gasteiger charge is 2.38. The Labute approximate surface area is 183 Å². The van der Waals surface area contributed by atoms with Gasteiger partial charge in [-0.1, -0.05) is 6.07 Å². The molecule has 9 heteroatoms. The maximum Gasteiger partial charge on any atom is 0.257 e. The molecule has 2 aliphatic rings. The minimum Gasteiger partial charge on any atom is -0.497 e. The maximum atomic E-state index is 13.3. The molecule has 1 aromatic carbocycles. The quantitative estimate of drug-likeness (QED) is 0.704. The van der Waals surface area contributed by atoms with Gasteiger partial charge in [0.15, 0.2) is 0 Å². The molecule has 3 heterocycles. The van der Waals surface area contributed by atoms with Gasteiger partial charge in [-0.2, -0.15) is 4.31 Å². The fourth-order valence-corrected chi connectivity index (χ4v) is 6.00. The molecule has 1 amide bonds. The minimum atomic E-state index is -3.73. The first-order valence-electron chi connectivity index (χ1n) is 10.7. The third-order valence-corrected chi connectivity index (χ3v) is 7.93. The van der Waals surface area contributed by atoms with Gasteiger partial charge in [-0.15, -0.1) is 0 Å². The molecule has 2 aromatic rings. The van der Waals surface area contributed by atoms with Crippen molar-refractivity contribution in [3.8, 4) is 5.75 Å². The zero-order chi connectivity index (χ0) is 22.0. The van der Waals surface area contributed by atoms with Gasteiger partial charge < -0.3 is 9.64 Å². The predicted molar refractivity (Wildman–Crippen MR) is 115 cm³/mol. The number of aromatic nitrogens is 2. The normalized spacial score (nSPS) is 20.1. The van der Waals surface area contributed by atoms with Crippen LogP contribution in [0, 0.1) is 6.92 Å². The van der Waals surface area contributed by atoms with Crippen LogP contribution in [0.15, 0.2) is 35.4 Å². The van der Waals surface area contributed by atoms with Crippen molar-refractivity contribution in [2.75, 3.05) is 26.7 Å². The SMILES string of the molecule is COc1cccc(S(=O)(=O)N2CCCC2c2ncc(C(=O)N3CCCCC3)c(C)n2)c1. The monoisotopic (exact) mass is 444 g/mol. The number of nitrogens with zero attached hydrogens (tertiary/aromatic N) is 4. The lowest BCUT2D eigenvalue weighted by atomic mass is 10.1. The summed E-state index contributed by atoms with van der Waals surface area (Å²) in [5.74, 6) is 0.886. The Hall–Kier alpha value is -2.52. The van der Waals surface area contributed by atoms with Gasteiger partial charge in [-0.3, -0.25) is 4.79 Å². The van der Waals surface area contributed by atoms with Crippen molar-refractivity contribution in [1.82, 2.24) is 19.2 Å². The molecule has 1 aromatic heterocycles. The highest BCUT2D eigenvalue weighted by atomic mass is 32.2. The lowest BCUT2D eigenvalue weighted by Gasteiger charge is -2.27. The minimum absolute atomic E-state index is 0.0453. The number of hydrogen-bond donors (Lipinski definition) is 0. The van der Waals surface area contributed by atoms with E-state index in [4.69, 9.17) is 4.74 Å². The number of rotatable bonds is 5. The van der Waals surface area contributed by atoms with Crippen molar-refractivity contribution in [1.29, 1.82) is 0 Å². The highest BCUT2D eigenvalue weighted by molar-refractivity contribution is 7.89. The molecule has 1 unspecified atom stereocenters. The van der Waals surface area contributed by atoms with E-state index in [1.54, 1.807) is 31.3 Å². The largest absolute Gasteiger partial charge is 0.497 e. The Bertz CT molecular complexity index is 1070. The van der Waals surface area contributed by atoms with Gasteiger partial charge in [-0.25, -0.2) is 18.4 Å². The average Bonchev–Trinajstić information content (AvgIpc) is 3.30. The summed E-state index contributed by atoms with van der Waals surface area (Å²) < 4.78 is 33.3. The summed E-state index contributed by atoms with van der Waals surface area (Å²) in [5, 5.41) is 0. The number of ether oxygens (including phenoxy) is 1. The molecule has 0 N–H and O–H groups in total. The summed E-state index contributed by atoms with van der Waals surface area (Å²) in [5.41, 5.74) is 1.08. The number of carbonyl (C=O) groups excluding carboxylic acids is 1. The third-order valence-electron chi connectivity index (χ3n) is 6.02. The summed E-state index contributed by atoms with van der Waals surface area (Å²) >= 11 is 0. The number of likely N-dealkylation sites (tertiary alicyclic amines) is 1. The third kappa shape index (κ3) is 4.29. The van der Waals surface area contributed by atoms with E-state index in [1.807, 2.05) is 4.90 Å². The zero-order valence-corrected chi connectivity index (χ0v) is 18.8. The highest BCUT2D eigenvalue weighted by Crippen LogP contribution is 2.36. The molecule has 8 nitrogen and oxygen atoms in total. The Kier molecular flexibility index (Phi) is 6.24. The Morgan fingerprint density at radius 2 is 1.90 bits per heavy atom. The fraction of sp³-hybridized carbons (Fsp3) is 0.500. The van der Waals surface area contributed by atoms with Crippen LogP contribution in [0.25, 0.3) is 0 Å². The number of benzene rings is 1. The lowest BCUT2D eigenvalue weighted by Crippen LogP contribution is -2.36. The van der Waals surface area contributed by atoms with E-state index in [9.17, 15) is 13.2 Å². The molecular formula is C22H28N4O4S. The maximum absolute atomic E-state index is 13.3. The Balaban J connectivity index is 1.60. The Morgan fingerprint density at radius 1 is 1.13 bits per heavy atom. The van der Waals surface area contributed by atoms with Gasteiger partial charge in [0.1, 0.15) is 11.6 Å². The van der Waals surface area contributed by atoms with Gasteiger partial charge >= 0.3 is 0 Å². The second-order valence-corrected chi connectivity index (χ2v) is 9.92. The van der Waals surface area contributed by atoms with Crippen molar-refractivity contribution in [3.63, 3.8) is 0 Å². The van der Waals surface area contributed by atoms with E-state index in [2.05, 4.69) is 9.97 Å². The van der Waals surface area contributed by atoms with Crippen molar-refractivity contribution < 1.29 is 17.9 Å². The molecule has 166 valence electrons. The van der Waals surface area contributed by atoms with E-state index in [1.165, 1.54) is 17.5 Å². The molecule has 0 spiro atoms. The van der Waals surface area contributed by atoms with Gasteiger partial charge in [0.2, 0.25) is 10.0 Å². The fourth-order valence-electron chi connectivity index (χ4n) is 4.31. The number of carbonyl (C=O) groups is 1. The van der Waals surface area contributed by atoms with Crippen LogP contribution in [0.5, 0.6) is 5.75 Å². The van der Waals surface area contributed by atoms with Crippen molar-refractivity contribution >= 4 is 15.9 Å². The number of methoxy groups -OCH3 is 1. The predicted octanol–water partition coefficient (Wildman–Crippen LogP) is 2.95. The second-order valence-electron chi connectivity index (χ2n) is 8.03. The van der Waals surface area contributed by atoms with Crippen molar-refractivity contribution in [2.24, 2.45) is 0 Å². The molecule has 2 fully saturated rings. The first-order valence-corrected chi connectivity index (χ1v) is 12.1. The topological polar surface area (TPSA) is 92.7 Å². The number of sulfonamides is 1. The van der Waals surface area contributed by atoms with Crippen LogP contribution in [0.4, 0.5) is 0 Å². The lowest BCUT2D eigenvalue weighted by molar-refractivity contribution is 0.0722. The van der Waals surface area contributed by atoms with Gasteiger partial charge in [-0.05, 0) is 51.2 Å². The van der Waals surface area contributed by atoms with Crippen LogP contribution in [-0.4, -0.2) is 60.2 Å². The van der Waals surface area contributed by atoms with E-state index < -0.39 is 16.1 Å². The number of aryl methyl sites for hydroxylation is 1. The van der Waals surface area contributed by atoms with Crippen LogP contribution in [-0.2, 0) is 10.0 Å². The molecule has 0 saturated carbocycles. The van der Waals surface area contributed by atoms with Crippen LogP contribution in [0.1, 0.15) is 60.0 Å². The van der Waals surface area contributed by atoms with Crippen LogP contribution < -0.4 is 4.74 Å². The molecule has 0 radical (unpaired) electrons. The van der Waals surface area contributed by atoms with Gasteiger partial charge in [0.25, 0.3) is 5.91 Å². The molecule has 31 heavy (non-hydrogen) atoms. The first kappa shape index (κ1) is 21.7. The summed E-state index contributed by atoms with van der Waals surface area (Å²) in [4.78, 5) is 23.9. The first-order chi connectivity index (χ1) is 14.9. The van der Waals surface area contributed by atoms with E-state index in [0.717, 1.165) is 38.8 Å². The standard InChI is InChI=1S/C22H28N4O4S/c1-16-19(22(27)25-11-4-3-5-12-25)15-23-21(24-16)20-10-7-13-26(20)31(28,29)18-9-6-8-17(14-18)30-2/h6,8-9,14-15,20H,3-5,7,10-13H2,1-2H3. The number of piperidine rings is 1. The van der Waals surface area contributed by atoms with Crippen molar-refractivity contribution in [3.05, 3.63) is 47.5 Å². The van der Waals surface area contributed by atoms with Crippen LogP contribution in [0.2, 0.25) is 0 Å². The molecule has 0 bridgehead atoms. The number of hydrogen-bond acceptors (Lipinski definition) is 6. The zero-order valence-electron chi connectivity index (χ0n) is 18.0. The van der Waals surface area contributed by atoms with Crippen molar-refractivity contribution in [2.45, 2.75) is 50.0 Å². The molecule has 2 saturated heterocycles. The molecule has 0 aliphatic carbocycles. The molecule has 4 rings (SSSR count). The Morgan fingerprint density at radius 3 is 2.61 bits per heavy atom. The summed E-state index contributed by atoms with van der Waals surface area (Å²) in [6.45, 7) is 3.71. The average molecular weight is 445 g/mol. The van der Waals surface area contributed by atoms with E-state index in [0.29, 0.717) is 35.8 Å². The smallest absolute Gasteiger partial charge is 0.257 e. The van der Waals surface area contributed by atoms with Gasteiger partial charge in [0.05, 0.1) is 29.3 Å². The molecule has 2 aliphatic heterocycles. The van der Waals surface area contributed by atoms with Gasteiger partial charge in [0, 0.05) is 31.9 Å². The molecule has 1 atom stereocenters.